The van der Waals surface area contributed by atoms with Crippen molar-refractivity contribution < 1.29 is 27.5 Å². The molecule has 0 atom stereocenters. The molecule has 0 fully saturated rings. The molecule has 2 aromatic carbocycles. The van der Waals surface area contributed by atoms with E-state index in [2.05, 4.69) is 4.98 Å². The third-order valence-electron chi connectivity index (χ3n) is 4.94. The van der Waals surface area contributed by atoms with Crippen LogP contribution in [0.4, 0.5) is 13.2 Å². The topological polar surface area (TPSA) is 62.4 Å². The van der Waals surface area contributed by atoms with E-state index < -0.39 is 29.3 Å². The Bertz CT molecular complexity index is 1200. The van der Waals surface area contributed by atoms with Crippen LogP contribution >= 0.6 is 0 Å². The molecule has 1 aliphatic heterocycles. The number of hydrogen-bond acceptors (Lipinski definition) is 3. The number of ether oxygens (including phenoxy) is 1. The number of aromatic amines is 1. The Hall–Kier alpha value is -3.55. The number of halogens is 3. The van der Waals surface area contributed by atoms with Gasteiger partial charge in [-0.3, -0.25) is 4.79 Å². The van der Waals surface area contributed by atoms with Gasteiger partial charge in [-0.1, -0.05) is 0 Å². The number of benzene rings is 2. The lowest BCUT2D eigenvalue weighted by Crippen LogP contribution is -2.28. The number of carbonyl (C=O) groups is 2. The summed E-state index contributed by atoms with van der Waals surface area (Å²) in [5, 5.41) is 0.586. The molecule has 2 heterocycles. The van der Waals surface area contributed by atoms with Gasteiger partial charge in [-0.25, -0.2) is 18.0 Å². The van der Waals surface area contributed by atoms with E-state index >= 15 is 0 Å². The Balaban J connectivity index is 1.82. The minimum Gasteiger partial charge on any atom is -0.462 e. The van der Waals surface area contributed by atoms with Crippen LogP contribution in [0.3, 0.4) is 0 Å². The van der Waals surface area contributed by atoms with Gasteiger partial charge in [0.1, 0.15) is 17.5 Å². The SMILES string of the molecule is CCOC(=O)C1=CN(C(=O)c2ccc(F)cc2F)CCc2c1[nH]c1ccc(F)cc21. The minimum atomic E-state index is -0.999. The van der Waals surface area contributed by atoms with Crippen LogP contribution in [0.1, 0.15) is 28.5 Å². The van der Waals surface area contributed by atoms with E-state index in [0.29, 0.717) is 28.2 Å². The number of amides is 1. The van der Waals surface area contributed by atoms with Crippen molar-refractivity contribution in [3.05, 3.63) is 76.9 Å². The van der Waals surface area contributed by atoms with E-state index in [0.717, 1.165) is 12.1 Å². The maximum Gasteiger partial charge on any atom is 0.341 e. The van der Waals surface area contributed by atoms with Crippen molar-refractivity contribution in [3.63, 3.8) is 0 Å². The van der Waals surface area contributed by atoms with Gasteiger partial charge in [0.2, 0.25) is 0 Å². The summed E-state index contributed by atoms with van der Waals surface area (Å²) in [4.78, 5) is 29.8. The van der Waals surface area contributed by atoms with Gasteiger partial charge < -0.3 is 14.6 Å². The first-order valence-corrected chi connectivity index (χ1v) is 9.34. The first-order valence-electron chi connectivity index (χ1n) is 9.34. The maximum absolute atomic E-state index is 14.1. The average molecular weight is 414 g/mol. The number of nitrogens with one attached hydrogen (secondary N) is 1. The van der Waals surface area contributed by atoms with Crippen molar-refractivity contribution in [2.24, 2.45) is 0 Å². The molecule has 8 heteroatoms. The van der Waals surface area contributed by atoms with Gasteiger partial charge in [0.25, 0.3) is 5.91 Å². The normalized spacial score (nSPS) is 13.6. The molecule has 3 aromatic rings. The summed E-state index contributed by atoms with van der Waals surface area (Å²) in [6.45, 7) is 1.86. The molecule has 4 rings (SSSR count). The summed E-state index contributed by atoms with van der Waals surface area (Å²) < 4.78 is 46.3. The Morgan fingerprint density at radius 1 is 1.10 bits per heavy atom. The van der Waals surface area contributed by atoms with Gasteiger partial charge in [-0.05, 0) is 49.2 Å². The largest absolute Gasteiger partial charge is 0.462 e. The molecule has 5 nitrogen and oxygen atoms in total. The predicted octanol–water partition coefficient (Wildman–Crippen LogP) is 4.19. The van der Waals surface area contributed by atoms with E-state index in [1.807, 2.05) is 0 Å². The highest BCUT2D eigenvalue weighted by Crippen LogP contribution is 2.32. The van der Waals surface area contributed by atoms with E-state index in [1.54, 1.807) is 13.0 Å². The van der Waals surface area contributed by atoms with Gasteiger partial charge >= 0.3 is 5.97 Å². The lowest BCUT2D eigenvalue weighted by molar-refractivity contribution is -0.136. The van der Waals surface area contributed by atoms with Gasteiger partial charge in [-0.2, -0.15) is 0 Å². The summed E-state index contributed by atoms with van der Waals surface area (Å²) in [6.07, 6.45) is 1.58. The fraction of sp³-hybridized carbons (Fsp3) is 0.182. The summed E-state index contributed by atoms with van der Waals surface area (Å²) >= 11 is 0. The summed E-state index contributed by atoms with van der Waals surface area (Å²) in [5.74, 6) is -3.64. The lowest BCUT2D eigenvalue weighted by atomic mass is 10.0. The van der Waals surface area contributed by atoms with Gasteiger partial charge in [0.15, 0.2) is 0 Å². The van der Waals surface area contributed by atoms with Crippen LogP contribution in [0.5, 0.6) is 0 Å². The molecular weight excluding hydrogens is 397 g/mol. The number of aromatic nitrogens is 1. The Morgan fingerprint density at radius 3 is 2.57 bits per heavy atom. The molecule has 0 spiro atoms. The van der Waals surface area contributed by atoms with Crippen molar-refractivity contribution in [3.8, 4) is 0 Å². The molecule has 0 saturated carbocycles. The van der Waals surface area contributed by atoms with Gasteiger partial charge in [0, 0.05) is 29.7 Å². The zero-order valence-electron chi connectivity index (χ0n) is 16.0. The zero-order valence-corrected chi connectivity index (χ0v) is 16.0. The fourth-order valence-electron chi connectivity index (χ4n) is 3.57. The van der Waals surface area contributed by atoms with E-state index in [4.69, 9.17) is 4.74 Å². The van der Waals surface area contributed by atoms with E-state index in [9.17, 15) is 22.8 Å². The molecule has 1 N–H and O–H groups in total. The molecule has 0 unspecified atom stereocenters. The third-order valence-corrected chi connectivity index (χ3v) is 4.94. The molecule has 0 radical (unpaired) electrons. The standard InChI is InChI=1S/C22H17F3N2O3/c1-2-30-22(29)17-11-27(21(28)15-5-3-13(24)10-18(15)25)8-7-14-16-9-12(23)4-6-19(16)26-20(14)17/h3-6,9-11,26H,2,7-8H2,1H3. The Labute approximate surface area is 169 Å². The fourth-order valence-corrected chi connectivity index (χ4v) is 3.57. The number of fused-ring (bicyclic) bond motifs is 3. The molecule has 0 bridgehead atoms. The first kappa shape index (κ1) is 19.8. The predicted molar refractivity (Wildman–Crippen MR) is 104 cm³/mol. The third kappa shape index (κ3) is 3.45. The van der Waals surface area contributed by atoms with Crippen molar-refractivity contribution in [1.29, 1.82) is 0 Å². The smallest absolute Gasteiger partial charge is 0.341 e. The maximum atomic E-state index is 14.1. The van der Waals surface area contributed by atoms with Crippen LogP contribution in [-0.2, 0) is 16.0 Å². The average Bonchev–Trinajstić information content (AvgIpc) is 2.93. The van der Waals surface area contributed by atoms with Crippen LogP contribution in [-0.4, -0.2) is 34.9 Å². The zero-order chi connectivity index (χ0) is 21.4. The molecule has 0 saturated heterocycles. The minimum absolute atomic E-state index is 0.0665. The summed E-state index contributed by atoms with van der Waals surface area (Å²) in [6, 6.07) is 6.89. The second-order valence-corrected chi connectivity index (χ2v) is 6.80. The number of esters is 1. The van der Waals surface area contributed by atoms with Crippen LogP contribution in [0.15, 0.2) is 42.6 Å². The Morgan fingerprint density at radius 2 is 1.83 bits per heavy atom. The van der Waals surface area contributed by atoms with E-state index in [-0.39, 0.29) is 30.7 Å². The molecule has 1 aliphatic rings. The molecule has 1 amide bonds. The molecular formula is C22H17F3N2O3. The molecule has 1 aromatic heterocycles. The lowest BCUT2D eigenvalue weighted by Gasteiger charge is -2.18. The van der Waals surface area contributed by atoms with Gasteiger partial charge in [-0.15, -0.1) is 0 Å². The monoisotopic (exact) mass is 414 g/mol. The summed E-state index contributed by atoms with van der Waals surface area (Å²) in [5.41, 5.74) is 1.46. The molecule has 30 heavy (non-hydrogen) atoms. The van der Waals surface area contributed by atoms with Crippen molar-refractivity contribution in [2.75, 3.05) is 13.2 Å². The quantitative estimate of drug-likeness (QED) is 0.654. The summed E-state index contributed by atoms with van der Waals surface area (Å²) in [7, 11) is 0. The second-order valence-electron chi connectivity index (χ2n) is 6.80. The molecule has 0 aliphatic carbocycles. The van der Waals surface area contributed by atoms with Gasteiger partial charge in [0.05, 0.1) is 23.4 Å². The van der Waals surface area contributed by atoms with Crippen LogP contribution in [0, 0.1) is 17.5 Å². The second kappa shape index (κ2) is 7.70. The molecule has 154 valence electrons. The number of hydrogen-bond donors (Lipinski definition) is 1. The highest BCUT2D eigenvalue weighted by molar-refractivity contribution is 6.18. The van der Waals surface area contributed by atoms with Crippen molar-refractivity contribution in [2.45, 2.75) is 13.3 Å². The highest BCUT2D eigenvalue weighted by atomic mass is 19.1. The number of H-pyrrole nitrogens is 1. The highest BCUT2D eigenvalue weighted by Gasteiger charge is 2.28. The van der Waals surface area contributed by atoms with Crippen LogP contribution in [0.25, 0.3) is 16.5 Å². The number of nitrogens with zero attached hydrogens (tertiary/aromatic N) is 1. The van der Waals surface area contributed by atoms with E-state index in [1.165, 1.54) is 23.2 Å². The van der Waals surface area contributed by atoms with Crippen molar-refractivity contribution >= 4 is 28.4 Å². The van der Waals surface area contributed by atoms with Crippen LogP contribution < -0.4 is 0 Å². The number of rotatable bonds is 3. The Kier molecular flexibility index (Phi) is 5.07. The number of carbonyl (C=O) groups excluding carboxylic acids is 2. The first-order chi connectivity index (χ1) is 14.4. The van der Waals surface area contributed by atoms with Crippen LogP contribution in [0.2, 0.25) is 0 Å². The van der Waals surface area contributed by atoms with Crippen molar-refractivity contribution in [1.82, 2.24) is 9.88 Å².